The van der Waals surface area contributed by atoms with Crippen molar-refractivity contribution >= 4 is 21.8 Å². The molecule has 0 saturated carbocycles. The summed E-state index contributed by atoms with van der Waals surface area (Å²) in [5.41, 5.74) is 3.77. The van der Waals surface area contributed by atoms with E-state index in [1.165, 1.54) is 0 Å². The number of aromatic nitrogens is 1. The molecule has 3 rings (SSSR count). The summed E-state index contributed by atoms with van der Waals surface area (Å²) in [5, 5.41) is -0.153. The Labute approximate surface area is 142 Å². The van der Waals surface area contributed by atoms with Gasteiger partial charge in [-0.2, -0.15) is 4.31 Å². The highest BCUT2D eigenvalue weighted by atomic mass is 32.2. The van der Waals surface area contributed by atoms with Crippen LogP contribution in [0.3, 0.4) is 0 Å². The van der Waals surface area contributed by atoms with E-state index in [1.807, 2.05) is 62.8 Å². The van der Waals surface area contributed by atoms with E-state index in [9.17, 15) is 8.42 Å². The van der Waals surface area contributed by atoms with Crippen molar-refractivity contribution in [3.8, 4) is 0 Å². The van der Waals surface area contributed by atoms with Crippen molar-refractivity contribution in [1.82, 2.24) is 8.87 Å². The molecule has 1 saturated heterocycles. The maximum Gasteiger partial charge on any atom is 0.244 e. The number of hydrogen-bond donors (Lipinski definition) is 0. The van der Waals surface area contributed by atoms with E-state index in [2.05, 4.69) is 0 Å². The molecule has 23 heavy (non-hydrogen) atoms. The zero-order valence-corrected chi connectivity index (χ0v) is 15.5. The van der Waals surface area contributed by atoms with E-state index in [-0.39, 0.29) is 5.37 Å². The van der Waals surface area contributed by atoms with Crippen molar-refractivity contribution in [3.05, 3.63) is 52.8 Å². The minimum atomic E-state index is -3.51. The normalized spacial score (nSPS) is 19.4. The molecule has 1 atom stereocenters. The second kappa shape index (κ2) is 6.00. The first-order valence-electron chi connectivity index (χ1n) is 7.65. The molecule has 0 spiro atoms. The molecule has 1 fully saturated rings. The van der Waals surface area contributed by atoms with Crippen LogP contribution in [0.1, 0.15) is 27.8 Å². The summed E-state index contributed by atoms with van der Waals surface area (Å²) in [6.45, 7) is 6.31. The third-order valence-corrected chi connectivity index (χ3v) is 7.79. The van der Waals surface area contributed by atoms with Crippen LogP contribution in [0.15, 0.2) is 35.4 Å². The minimum absolute atomic E-state index is 0.153. The summed E-state index contributed by atoms with van der Waals surface area (Å²) < 4.78 is 30.3. The van der Waals surface area contributed by atoms with E-state index in [0.717, 1.165) is 28.1 Å². The number of thioether (sulfide) groups is 1. The third kappa shape index (κ3) is 2.84. The average Bonchev–Trinajstić information content (AvgIpc) is 3.04. The highest BCUT2D eigenvalue weighted by Gasteiger charge is 2.39. The first-order valence-corrected chi connectivity index (χ1v) is 10.1. The molecule has 1 unspecified atom stereocenters. The maximum atomic E-state index is 13.3. The topological polar surface area (TPSA) is 42.3 Å². The third-order valence-electron chi connectivity index (χ3n) is 4.26. The molecular formula is C17H22N2O2S2. The van der Waals surface area contributed by atoms with Crippen molar-refractivity contribution in [2.45, 2.75) is 31.0 Å². The van der Waals surface area contributed by atoms with Crippen LogP contribution in [0.5, 0.6) is 0 Å². The Balaban J connectivity index is 2.08. The number of benzene rings is 1. The fourth-order valence-corrected chi connectivity index (χ4v) is 7.06. The molecule has 0 bridgehead atoms. The van der Waals surface area contributed by atoms with E-state index < -0.39 is 10.0 Å². The van der Waals surface area contributed by atoms with Crippen molar-refractivity contribution in [2.24, 2.45) is 7.05 Å². The minimum Gasteiger partial charge on any atom is -0.352 e. The molecule has 2 heterocycles. The molecule has 1 aromatic heterocycles. The van der Waals surface area contributed by atoms with Gasteiger partial charge in [-0.05, 0) is 44.0 Å². The lowest BCUT2D eigenvalue weighted by Gasteiger charge is -2.25. The number of rotatable bonds is 3. The van der Waals surface area contributed by atoms with Crippen LogP contribution in [0.25, 0.3) is 0 Å². The summed E-state index contributed by atoms with van der Waals surface area (Å²) in [6, 6.07) is 7.85. The molecule has 124 valence electrons. The van der Waals surface area contributed by atoms with E-state index >= 15 is 0 Å². The van der Waals surface area contributed by atoms with Gasteiger partial charge in [-0.25, -0.2) is 8.42 Å². The second-order valence-corrected chi connectivity index (χ2v) is 9.13. The van der Waals surface area contributed by atoms with Crippen molar-refractivity contribution in [3.63, 3.8) is 0 Å². The van der Waals surface area contributed by atoms with Gasteiger partial charge < -0.3 is 4.57 Å². The zero-order valence-electron chi connectivity index (χ0n) is 13.9. The van der Waals surface area contributed by atoms with Crippen LogP contribution >= 0.6 is 11.8 Å². The maximum absolute atomic E-state index is 13.3. The van der Waals surface area contributed by atoms with Crippen LogP contribution in [-0.4, -0.2) is 29.6 Å². The molecule has 1 aromatic carbocycles. The SMILES string of the molecule is Cc1cc(C)c(S(=O)(=O)N2CCSC2c2cccn2C)c(C)c1. The fourth-order valence-electron chi connectivity index (χ4n) is 3.36. The monoisotopic (exact) mass is 350 g/mol. The number of nitrogens with zero attached hydrogens (tertiary/aromatic N) is 2. The van der Waals surface area contributed by atoms with Crippen LogP contribution in [0, 0.1) is 20.8 Å². The highest BCUT2D eigenvalue weighted by Crippen LogP contribution is 2.42. The van der Waals surface area contributed by atoms with Crippen molar-refractivity contribution in [1.29, 1.82) is 0 Å². The Hall–Kier alpha value is -1.24. The lowest BCUT2D eigenvalue weighted by atomic mass is 10.1. The quantitative estimate of drug-likeness (QED) is 0.852. The van der Waals surface area contributed by atoms with Gasteiger partial charge in [-0.15, -0.1) is 11.8 Å². The van der Waals surface area contributed by atoms with Gasteiger partial charge >= 0.3 is 0 Å². The van der Waals surface area contributed by atoms with Gasteiger partial charge in [0.15, 0.2) is 0 Å². The van der Waals surface area contributed by atoms with Crippen LogP contribution < -0.4 is 0 Å². The van der Waals surface area contributed by atoms with Gasteiger partial charge in [0.2, 0.25) is 10.0 Å². The van der Waals surface area contributed by atoms with Crippen LogP contribution in [-0.2, 0) is 17.1 Å². The van der Waals surface area contributed by atoms with Gasteiger partial charge in [0, 0.05) is 31.2 Å². The van der Waals surface area contributed by atoms with Gasteiger partial charge in [0.25, 0.3) is 0 Å². The summed E-state index contributed by atoms with van der Waals surface area (Å²) in [4.78, 5) is 0.463. The standard InChI is InChI=1S/C17H22N2O2S2/c1-12-10-13(2)16(14(3)11-12)23(20,21)19-8-9-22-17(19)15-6-5-7-18(15)4/h5-7,10-11,17H,8-9H2,1-4H3. The molecule has 2 aromatic rings. The molecule has 0 aliphatic carbocycles. The Bertz CT molecular complexity index is 817. The van der Waals surface area contributed by atoms with Gasteiger partial charge in [0.05, 0.1) is 4.90 Å². The zero-order chi connectivity index (χ0) is 16.8. The Morgan fingerprint density at radius 1 is 1.17 bits per heavy atom. The smallest absolute Gasteiger partial charge is 0.244 e. The lowest BCUT2D eigenvalue weighted by Crippen LogP contribution is -2.32. The summed E-state index contributed by atoms with van der Waals surface area (Å²) in [5.74, 6) is 0.818. The molecule has 6 heteroatoms. The predicted octanol–water partition coefficient (Wildman–Crippen LogP) is 3.39. The van der Waals surface area contributed by atoms with E-state index in [0.29, 0.717) is 11.4 Å². The number of hydrogen-bond acceptors (Lipinski definition) is 3. The largest absolute Gasteiger partial charge is 0.352 e. The first-order chi connectivity index (χ1) is 10.8. The first kappa shape index (κ1) is 16.6. The van der Waals surface area contributed by atoms with Crippen molar-refractivity contribution < 1.29 is 8.42 Å². The average molecular weight is 351 g/mol. The lowest BCUT2D eigenvalue weighted by molar-refractivity contribution is 0.424. The Morgan fingerprint density at radius 3 is 2.39 bits per heavy atom. The fraction of sp³-hybridized carbons (Fsp3) is 0.412. The number of sulfonamides is 1. The van der Waals surface area contributed by atoms with Crippen molar-refractivity contribution in [2.75, 3.05) is 12.3 Å². The van der Waals surface area contributed by atoms with Crippen LogP contribution in [0.4, 0.5) is 0 Å². The highest BCUT2D eigenvalue weighted by molar-refractivity contribution is 8.01. The summed E-state index contributed by atoms with van der Waals surface area (Å²) in [6.07, 6.45) is 1.96. The second-order valence-electron chi connectivity index (χ2n) is 6.11. The summed E-state index contributed by atoms with van der Waals surface area (Å²) >= 11 is 1.68. The van der Waals surface area contributed by atoms with E-state index in [1.54, 1.807) is 16.1 Å². The van der Waals surface area contributed by atoms with Gasteiger partial charge in [-0.1, -0.05) is 17.7 Å². The summed E-state index contributed by atoms with van der Waals surface area (Å²) in [7, 11) is -1.55. The molecule has 1 aliphatic rings. The Kier molecular flexibility index (Phi) is 4.33. The molecule has 4 nitrogen and oxygen atoms in total. The number of aryl methyl sites for hydroxylation is 4. The molecular weight excluding hydrogens is 328 g/mol. The van der Waals surface area contributed by atoms with E-state index in [4.69, 9.17) is 0 Å². The van der Waals surface area contributed by atoms with Crippen LogP contribution in [0.2, 0.25) is 0 Å². The molecule has 0 amide bonds. The predicted molar refractivity (Wildman–Crippen MR) is 95.2 cm³/mol. The Morgan fingerprint density at radius 2 is 1.83 bits per heavy atom. The molecule has 0 radical (unpaired) electrons. The van der Waals surface area contributed by atoms with Gasteiger partial charge in [-0.3, -0.25) is 0 Å². The van der Waals surface area contributed by atoms with Gasteiger partial charge in [0.1, 0.15) is 5.37 Å². The molecule has 1 aliphatic heterocycles. The molecule has 0 N–H and O–H groups in total.